The van der Waals surface area contributed by atoms with Gasteiger partial charge in [0.05, 0.1) is 0 Å². The lowest BCUT2D eigenvalue weighted by Crippen LogP contribution is -2.32. The smallest absolute Gasteiger partial charge is 0.00971 e. The molecular weight excluding hydrogens is 182 g/mol. The summed E-state index contributed by atoms with van der Waals surface area (Å²) in [5, 5.41) is 0. The van der Waals surface area contributed by atoms with Crippen molar-refractivity contribution in [2.24, 2.45) is 17.1 Å². The maximum Gasteiger partial charge on any atom is 0.00971 e. The standard InChI is InChI=1S/C14H31N/c1-7-8-12(11-13(2,3)4)9-10-14(5,6)15/h12H,7-11,15H2,1-6H3. The van der Waals surface area contributed by atoms with Crippen LogP contribution in [0.2, 0.25) is 0 Å². The summed E-state index contributed by atoms with van der Waals surface area (Å²) in [4.78, 5) is 0. The van der Waals surface area contributed by atoms with Crippen molar-refractivity contribution >= 4 is 0 Å². The molecular formula is C14H31N. The van der Waals surface area contributed by atoms with Gasteiger partial charge in [-0.3, -0.25) is 0 Å². The van der Waals surface area contributed by atoms with Gasteiger partial charge >= 0.3 is 0 Å². The van der Waals surface area contributed by atoms with E-state index in [0.29, 0.717) is 5.41 Å². The molecule has 0 aliphatic rings. The Labute approximate surface area is 96.8 Å². The van der Waals surface area contributed by atoms with Gasteiger partial charge in [0.15, 0.2) is 0 Å². The van der Waals surface area contributed by atoms with Crippen molar-refractivity contribution in [1.29, 1.82) is 0 Å². The van der Waals surface area contributed by atoms with Crippen LogP contribution in [0.25, 0.3) is 0 Å². The summed E-state index contributed by atoms with van der Waals surface area (Å²) >= 11 is 0. The Morgan fingerprint density at radius 1 is 1.00 bits per heavy atom. The molecule has 0 spiro atoms. The van der Waals surface area contributed by atoms with Crippen LogP contribution in [0.15, 0.2) is 0 Å². The summed E-state index contributed by atoms with van der Waals surface area (Å²) in [5.41, 5.74) is 6.50. The highest BCUT2D eigenvalue weighted by molar-refractivity contribution is 4.76. The van der Waals surface area contributed by atoms with Crippen LogP contribution < -0.4 is 5.73 Å². The first kappa shape index (κ1) is 15.0. The topological polar surface area (TPSA) is 26.0 Å². The predicted molar refractivity (Wildman–Crippen MR) is 70.0 cm³/mol. The van der Waals surface area contributed by atoms with Crippen LogP contribution in [-0.4, -0.2) is 5.54 Å². The van der Waals surface area contributed by atoms with E-state index in [2.05, 4.69) is 41.5 Å². The van der Waals surface area contributed by atoms with E-state index in [9.17, 15) is 0 Å². The second-order valence-electron chi connectivity index (χ2n) is 6.95. The normalized spacial score (nSPS) is 15.4. The van der Waals surface area contributed by atoms with E-state index in [1.165, 1.54) is 25.7 Å². The molecule has 1 nitrogen and oxygen atoms in total. The Morgan fingerprint density at radius 3 is 1.87 bits per heavy atom. The Morgan fingerprint density at radius 2 is 1.53 bits per heavy atom. The first-order chi connectivity index (χ1) is 6.64. The highest BCUT2D eigenvalue weighted by Crippen LogP contribution is 2.31. The van der Waals surface area contributed by atoms with Gasteiger partial charge in [0.1, 0.15) is 0 Å². The van der Waals surface area contributed by atoms with Gasteiger partial charge in [0, 0.05) is 5.54 Å². The molecule has 1 atom stereocenters. The van der Waals surface area contributed by atoms with Crippen molar-refractivity contribution in [2.75, 3.05) is 0 Å². The highest BCUT2D eigenvalue weighted by atomic mass is 14.7. The Hall–Kier alpha value is -0.0400. The lowest BCUT2D eigenvalue weighted by Gasteiger charge is -2.28. The van der Waals surface area contributed by atoms with Crippen LogP contribution in [-0.2, 0) is 0 Å². The minimum absolute atomic E-state index is 0.00384. The van der Waals surface area contributed by atoms with Crippen molar-refractivity contribution in [2.45, 2.75) is 79.2 Å². The van der Waals surface area contributed by atoms with E-state index < -0.39 is 0 Å². The van der Waals surface area contributed by atoms with Gasteiger partial charge in [-0.15, -0.1) is 0 Å². The maximum absolute atomic E-state index is 6.04. The third-order valence-electron chi connectivity index (χ3n) is 2.79. The molecule has 0 heterocycles. The lowest BCUT2D eigenvalue weighted by atomic mass is 9.79. The van der Waals surface area contributed by atoms with Gasteiger partial charge in [0.25, 0.3) is 0 Å². The van der Waals surface area contributed by atoms with E-state index in [4.69, 9.17) is 5.73 Å². The monoisotopic (exact) mass is 213 g/mol. The molecule has 0 radical (unpaired) electrons. The SMILES string of the molecule is CCCC(CCC(C)(C)N)CC(C)(C)C. The van der Waals surface area contributed by atoms with Gasteiger partial charge < -0.3 is 5.73 Å². The summed E-state index contributed by atoms with van der Waals surface area (Å²) in [6, 6.07) is 0. The fraction of sp³-hybridized carbons (Fsp3) is 1.00. The summed E-state index contributed by atoms with van der Waals surface area (Å²) in [7, 11) is 0. The van der Waals surface area contributed by atoms with E-state index in [1.54, 1.807) is 0 Å². The molecule has 15 heavy (non-hydrogen) atoms. The van der Waals surface area contributed by atoms with Gasteiger partial charge in [-0.05, 0) is 44.4 Å². The minimum Gasteiger partial charge on any atom is -0.326 e. The van der Waals surface area contributed by atoms with Crippen molar-refractivity contribution in [3.8, 4) is 0 Å². The Balaban J connectivity index is 4.05. The molecule has 0 aliphatic heterocycles. The molecule has 0 amide bonds. The maximum atomic E-state index is 6.04. The quantitative estimate of drug-likeness (QED) is 0.697. The van der Waals surface area contributed by atoms with Gasteiger partial charge in [-0.2, -0.15) is 0 Å². The first-order valence-electron chi connectivity index (χ1n) is 6.43. The molecule has 0 saturated heterocycles. The zero-order valence-electron chi connectivity index (χ0n) is 11.7. The van der Waals surface area contributed by atoms with E-state index >= 15 is 0 Å². The van der Waals surface area contributed by atoms with Crippen LogP contribution in [0.5, 0.6) is 0 Å². The highest BCUT2D eigenvalue weighted by Gasteiger charge is 2.20. The minimum atomic E-state index is 0.00384. The second-order valence-corrected chi connectivity index (χ2v) is 6.95. The molecule has 0 fully saturated rings. The van der Waals surface area contributed by atoms with Crippen LogP contribution >= 0.6 is 0 Å². The largest absolute Gasteiger partial charge is 0.326 e. The fourth-order valence-corrected chi connectivity index (χ4v) is 2.20. The van der Waals surface area contributed by atoms with Crippen molar-refractivity contribution in [1.82, 2.24) is 0 Å². The van der Waals surface area contributed by atoms with Crippen molar-refractivity contribution < 1.29 is 0 Å². The molecule has 0 aromatic heterocycles. The third-order valence-corrected chi connectivity index (χ3v) is 2.79. The fourth-order valence-electron chi connectivity index (χ4n) is 2.20. The van der Waals surface area contributed by atoms with E-state index in [1.807, 2.05) is 0 Å². The summed E-state index contributed by atoms with van der Waals surface area (Å²) < 4.78 is 0. The van der Waals surface area contributed by atoms with Crippen LogP contribution in [0.4, 0.5) is 0 Å². The summed E-state index contributed by atoms with van der Waals surface area (Å²) in [6.45, 7) is 13.6. The van der Waals surface area contributed by atoms with E-state index in [-0.39, 0.29) is 5.54 Å². The molecule has 0 aromatic carbocycles. The summed E-state index contributed by atoms with van der Waals surface area (Å²) in [6.07, 6.45) is 6.42. The zero-order chi connectivity index (χ0) is 12.1. The predicted octanol–water partition coefficient (Wildman–Crippen LogP) is 4.36. The van der Waals surface area contributed by atoms with Gasteiger partial charge in [-0.25, -0.2) is 0 Å². The average molecular weight is 213 g/mol. The zero-order valence-corrected chi connectivity index (χ0v) is 11.7. The van der Waals surface area contributed by atoms with Crippen molar-refractivity contribution in [3.63, 3.8) is 0 Å². The number of hydrogen-bond acceptors (Lipinski definition) is 1. The van der Waals surface area contributed by atoms with E-state index in [0.717, 1.165) is 12.3 Å². The number of hydrogen-bond donors (Lipinski definition) is 1. The summed E-state index contributed by atoms with van der Waals surface area (Å²) in [5.74, 6) is 0.859. The van der Waals surface area contributed by atoms with Crippen LogP contribution in [0, 0.1) is 11.3 Å². The molecule has 92 valence electrons. The molecule has 1 unspecified atom stereocenters. The molecule has 0 saturated carbocycles. The Kier molecular flexibility index (Phi) is 5.87. The van der Waals surface area contributed by atoms with Gasteiger partial charge in [-0.1, -0.05) is 40.5 Å². The number of rotatable bonds is 6. The average Bonchev–Trinajstić information content (AvgIpc) is 1.96. The molecule has 1 heteroatoms. The molecule has 2 N–H and O–H groups in total. The second kappa shape index (κ2) is 5.89. The van der Waals surface area contributed by atoms with Crippen LogP contribution in [0.1, 0.15) is 73.6 Å². The number of nitrogens with two attached hydrogens (primary N) is 1. The van der Waals surface area contributed by atoms with Crippen LogP contribution in [0.3, 0.4) is 0 Å². The van der Waals surface area contributed by atoms with Crippen molar-refractivity contribution in [3.05, 3.63) is 0 Å². The van der Waals surface area contributed by atoms with Gasteiger partial charge in [0.2, 0.25) is 0 Å². The lowest BCUT2D eigenvalue weighted by molar-refractivity contribution is 0.252. The molecule has 0 bridgehead atoms. The first-order valence-corrected chi connectivity index (χ1v) is 6.43. The molecule has 0 rings (SSSR count). The molecule has 0 aliphatic carbocycles. The molecule has 0 aromatic rings. The third kappa shape index (κ3) is 10.2. The Bertz CT molecular complexity index is 159.